The van der Waals surface area contributed by atoms with E-state index in [0.717, 1.165) is 22.7 Å². The fourth-order valence-corrected chi connectivity index (χ4v) is 7.08. The highest BCUT2D eigenvalue weighted by Gasteiger charge is 2.33. The van der Waals surface area contributed by atoms with Gasteiger partial charge in [-0.25, -0.2) is 0 Å². The van der Waals surface area contributed by atoms with Crippen LogP contribution >= 0.6 is 22.9 Å². The van der Waals surface area contributed by atoms with Crippen molar-refractivity contribution >= 4 is 33.7 Å². The minimum Gasteiger partial charge on any atom is -0.390 e. The fraction of sp³-hybridized carbons (Fsp3) is 0.448. The summed E-state index contributed by atoms with van der Waals surface area (Å²) in [6.07, 6.45) is 14.6. The van der Waals surface area contributed by atoms with Gasteiger partial charge >= 0.3 is 0 Å². The molecule has 184 valence electrons. The summed E-state index contributed by atoms with van der Waals surface area (Å²) in [5.74, 6) is -0.0279. The number of ketones is 1. The van der Waals surface area contributed by atoms with Crippen molar-refractivity contribution in [3.05, 3.63) is 70.4 Å². The van der Waals surface area contributed by atoms with E-state index in [0.29, 0.717) is 33.2 Å². The topological polar surface area (TPSA) is 59.2 Å². The maximum atomic E-state index is 13.8. The van der Waals surface area contributed by atoms with Crippen molar-refractivity contribution in [1.29, 1.82) is 0 Å². The van der Waals surface area contributed by atoms with Gasteiger partial charge in [0.05, 0.1) is 21.1 Å². The van der Waals surface area contributed by atoms with Crippen molar-refractivity contribution in [2.45, 2.75) is 82.8 Å². The molecule has 2 fully saturated rings. The van der Waals surface area contributed by atoms with Crippen LogP contribution in [0.2, 0.25) is 5.02 Å². The van der Waals surface area contributed by atoms with E-state index in [2.05, 4.69) is 9.88 Å². The number of carbonyl (C=O) groups excluding carboxylic acids is 1. The van der Waals surface area contributed by atoms with Crippen molar-refractivity contribution < 1.29 is 4.79 Å². The Kier molecular flexibility index (Phi) is 7.86. The Morgan fingerprint density at radius 2 is 1.57 bits per heavy atom. The van der Waals surface area contributed by atoms with Crippen LogP contribution in [0.15, 0.2) is 48.7 Å². The Balaban J connectivity index is 1.58. The predicted octanol–water partition coefficient (Wildman–Crippen LogP) is 7.74. The lowest BCUT2D eigenvalue weighted by atomic mass is 9.87. The molecule has 0 bridgehead atoms. The number of pyridine rings is 1. The second kappa shape index (κ2) is 11.2. The van der Waals surface area contributed by atoms with E-state index in [4.69, 9.17) is 17.3 Å². The van der Waals surface area contributed by atoms with Crippen LogP contribution in [0.4, 0.5) is 5.00 Å². The molecule has 3 aromatic rings. The van der Waals surface area contributed by atoms with Crippen molar-refractivity contribution in [2.75, 3.05) is 5.73 Å². The number of carbonyl (C=O) groups is 1. The lowest BCUT2D eigenvalue weighted by Gasteiger charge is -2.42. The van der Waals surface area contributed by atoms with Crippen LogP contribution in [-0.2, 0) is 6.54 Å². The third-order valence-electron chi connectivity index (χ3n) is 7.69. The zero-order chi connectivity index (χ0) is 24.2. The van der Waals surface area contributed by atoms with E-state index >= 15 is 0 Å². The van der Waals surface area contributed by atoms with Crippen LogP contribution < -0.4 is 5.73 Å². The van der Waals surface area contributed by atoms with Crippen molar-refractivity contribution in [1.82, 2.24) is 9.88 Å². The molecule has 2 N–H and O–H groups in total. The molecule has 2 aliphatic carbocycles. The molecule has 0 amide bonds. The summed E-state index contributed by atoms with van der Waals surface area (Å²) in [5, 5.41) is 1.20. The standard InChI is InChI=1S/C29H34ClN3OS/c30-21-16-14-20(15-17-21)27(34)26-24(28(35-29(26)31)25-13-7-8-18-32-25)19-33(22-9-3-1-4-10-22)23-11-5-2-6-12-23/h7-8,13-18,22-23H,1-6,9-12,19,31H2. The van der Waals surface area contributed by atoms with Gasteiger partial charge < -0.3 is 5.73 Å². The minimum atomic E-state index is -0.0279. The van der Waals surface area contributed by atoms with E-state index in [1.807, 2.05) is 24.4 Å². The fourth-order valence-electron chi connectivity index (χ4n) is 5.90. The second-order valence-electron chi connectivity index (χ2n) is 9.96. The number of rotatable bonds is 7. The van der Waals surface area contributed by atoms with Crippen LogP contribution in [-0.4, -0.2) is 27.8 Å². The average molecular weight is 508 g/mol. The summed E-state index contributed by atoms with van der Waals surface area (Å²) < 4.78 is 0. The molecule has 0 atom stereocenters. The van der Waals surface area contributed by atoms with Crippen LogP contribution in [0.3, 0.4) is 0 Å². The first kappa shape index (κ1) is 24.5. The van der Waals surface area contributed by atoms with Gasteiger partial charge in [-0.1, -0.05) is 56.2 Å². The second-order valence-corrected chi connectivity index (χ2v) is 11.4. The van der Waals surface area contributed by atoms with Crippen molar-refractivity contribution in [2.24, 2.45) is 0 Å². The van der Waals surface area contributed by atoms with Gasteiger partial charge in [0.25, 0.3) is 0 Å². The van der Waals surface area contributed by atoms with Gasteiger partial charge in [-0.2, -0.15) is 0 Å². The van der Waals surface area contributed by atoms with Gasteiger partial charge in [0.1, 0.15) is 0 Å². The number of nitrogen functional groups attached to an aromatic ring is 1. The van der Waals surface area contributed by atoms with Crippen LogP contribution in [0.1, 0.15) is 85.7 Å². The van der Waals surface area contributed by atoms with E-state index in [9.17, 15) is 4.79 Å². The van der Waals surface area contributed by atoms with Gasteiger partial charge in [-0.15, -0.1) is 11.3 Å². The highest BCUT2D eigenvalue weighted by atomic mass is 35.5. The Bertz CT molecular complexity index is 1110. The molecule has 2 aliphatic rings. The summed E-state index contributed by atoms with van der Waals surface area (Å²) in [6, 6.07) is 14.2. The van der Waals surface area contributed by atoms with Gasteiger partial charge in [-0.05, 0) is 67.6 Å². The third-order valence-corrected chi connectivity index (χ3v) is 9.03. The molecule has 0 spiro atoms. The first-order valence-electron chi connectivity index (χ1n) is 13.0. The van der Waals surface area contributed by atoms with Gasteiger partial charge in [0.2, 0.25) is 0 Å². The van der Waals surface area contributed by atoms with Gasteiger partial charge in [0.15, 0.2) is 5.78 Å². The SMILES string of the molecule is Nc1sc(-c2ccccn2)c(CN(C2CCCCC2)C2CCCCC2)c1C(=O)c1ccc(Cl)cc1. The lowest BCUT2D eigenvalue weighted by molar-refractivity contribution is 0.0728. The predicted molar refractivity (Wildman–Crippen MR) is 146 cm³/mol. The van der Waals surface area contributed by atoms with E-state index in [1.54, 1.807) is 24.3 Å². The first-order chi connectivity index (χ1) is 17.1. The highest BCUT2D eigenvalue weighted by Crippen LogP contribution is 2.42. The summed E-state index contributed by atoms with van der Waals surface area (Å²) in [7, 11) is 0. The quantitative estimate of drug-likeness (QED) is 0.332. The molecule has 2 aromatic heterocycles. The van der Waals surface area contributed by atoms with Crippen molar-refractivity contribution in [3.63, 3.8) is 0 Å². The normalized spacial score (nSPS) is 17.7. The molecule has 2 heterocycles. The number of benzene rings is 1. The van der Waals surface area contributed by atoms with E-state index in [-0.39, 0.29) is 5.78 Å². The van der Waals surface area contributed by atoms with E-state index in [1.165, 1.54) is 75.5 Å². The largest absolute Gasteiger partial charge is 0.390 e. The lowest BCUT2D eigenvalue weighted by Crippen LogP contribution is -2.44. The molecular formula is C29H34ClN3OS. The maximum Gasteiger partial charge on any atom is 0.196 e. The Labute approximate surface area is 217 Å². The number of hydrogen-bond donors (Lipinski definition) is 1. The van der Waals surface area contributed by atoms with E-state index < -0.39 is 0 Å². The number of anilines is 1. The summed E-state index contributed by atoms with van der Waals surface area (Å²) in [5.41, 5.74) is 9.81. The molecule has 0 aliphatic heterocycles. The maximum absolute atomic E-state index is 13.8. The molecular weight excluding hydrogens is 474 g/mol. The molecule has 0 unspecified atom stereocenters. The number of nitrogens with zero attached hydrogens (tertiary/aromatic N) is 2. The Morgan fingerprint density at radius 3 is 2.14 bits per heavy atom. The zero-order valence-corrected chi connectivity index (χ0v) is 21.8. The average Bonchev–Trinajstić information content (AvgIpc) is 3.24. The molecule has 1 aromatic carbocycles. The number of thiophene rings is 1. The number of halogens is 1. The van der Waals surface area contributed by atoms with Crippen molar-refractivity contribution in [3.8, 4) is 10.6 Å². The van der Waals surface area contributed by atoms with Gasteiger partial charge in [-0.3, -0.25) is 14.7 Å². The zero-order valence-electron chi connectivity index (χ0n) is 20.2. The first-order valence-corrected chi connectivity index (χ1v) is 14.2. The molecule has 35 heavy (non-hydrogen) atoms. The molecule has 0 radical (unpaired) electrons. The molecule has 5 rings (SSSR count). The summed E-state index contributed by atoms with van der Waals surface area (Å²) >= 11 is 7.60. The molecule has 2 saturated carbocycles. The minimum absolute atomic E-state index is 0.0279. The molecule has 0 saturated heterocycles. The van der Waals surface area contributed by atoms with Crippen LogP contribution in [0.5, 0.6) is 0 Å². The number of hydrogen-bond acceptors (Lipinski definition) is 5. The van der Waals surface area contributed by atoms with Crippen LogP contribution in [0.25, 0.3) is 10.6 Å². The molecule has 4 nitrogen and oxygen atoms in total. The number of aromatic nitrogens is 1. The number of nitrogens with two attached hydrogens (primary N) is 1. The summed E-state index contributed by atoms with van der Waals surface area (Å²) in [6.45, 7) is 0.754. The monoisotopic (exact) mass is 507 g/mol. The third kappa shape index (κ3) is 5.47. The Morgan fingerprint density at radius 1 is 0.943 bits per heavy atom. The Hall–Kier alpha value is -2.21. The summed E-state index contributed by atoms with van der Waals surface area (Å²) in [4.78, 5) is 22.2. The van der Waals surface area contributed by atoms with Crippen LogP contribution in [0, 0.1) is 0 Å². The highest BCUT2D eigenvalue weighted by molar-refractivity contribution is 7.19. The molecule has 6 heteroatoms. The van der Waals surface area contributed by atoms with Gasteiger partial charge in [0, 0.05) is 35.4 Å². The smallest absolute Gasteiger partial charge is 0.196 e.